The molecule has 0 unspecified atom stereocenters. The number of nitrogens with one attached hydrogen (secondary N) is 1. The van der Waals surface area contributed by atoms with Crippen molar-refractivity contribution in [1.82, 2.24) is 15.0 Å². The van der Waals surface area contributed by atoms with Gasteiger partial charge >= 0.3 is 0 Å². The molecule has 110 valence electrons. The van der Waals surface area contributed by atoms with Crippen LogP contribution in [0.4, 0.5) is 17.3 Å². The summed E-state index contributed by atoms with van der Waals surface area (Å²) in [5.74, 6) is 1.97. The lowest BCUT2D eigenvalue weighted by atomic mass is 10.3. The Kier molecular flexibility index (Phi) is 4.23. The molecule has 0 radical (unpaired) electrons. The maximum atomic E-state index is 9.03. The summed E-state index contributed by atoms with van der Waals surface area (Å²) in [6.07, 6.45) is 3.38. The molecule has 3 rings (SSSR count). The van der Waals surface area contributed by atoms with Crippen LogP contribution in [0.3, 0.4) is 0 Å². The summed E-state index contributed by atoms with van der Waals surface area (Å²) in [6, 6.07) is 5.68. The number of aliphatic hydroxyl groups is 1. The predicted molar refractivity (Wildman–Crippen MR) is 78.5 cm³/mol. The van der Waals surface area contributed by atoms with E-state index in [2.05, 4.69) is 25.2 Å². The van der Waals surface area contributed by atoms with E-state index >= 15 is 0 Å². The summed E-state index contributed by atoms with van der Waals surface area (Å²) < 4.78 is 5.33. The summed E-state index contributed by atoms with van der Waals surface area (Å²) in [4.78, 5) is 14.8. The number of ether oxygens (including phenoxy) is 1. The minimum Gasteiger partial charge on any atom is -0.388 e. The lowest BCUT2D eigenvalue weighted by molar-refractivity contribution is 0.122. The smallest absolute Gasteiger partial charge is 0.156 e. The maximum Gasteiger partial charge on any atom is 0.156 e. The molecule has 2 N–H and O–H groups in total. The second kappa shape index (κ2) is 6.47. The molecule has 2 aromatic rings. The molecule has 1 aliphatic rings. The number of aromatic nitrogens is 3. The van der Waals surface area contributed by atoms with Gasteiger partial charge in [0.05, 0.1) is 25.1 Å². The van der Waals surface area contributed by atoms with Crippen molar-refractivity contribution in [2.45, 2.75) is 6.61 Å². The third-order valence-corrected chi connectivity index (χ3v) is 3.20. The number of pyridine rings is 1. The fraction of sp³-hybridized carbons (Fsp3) is 0.357. The van der Waals surface area contributed by atoms with Crippen LogP contribution in [-0.4, -0.2) is 46.4 Å². The van der Waals surface area contributed by atoms with Gasteiger partial charge in [0.1, 0.15) is 18.2 Å². The Bertz CT molecular complexity index is 584. The van der Waals surface area contributed by atoms with E-state index in [0.717, 1.165) is 37.8 Å². The summed E-state index contributed by atoms with van der Waals surface area (Å²) in [7, 11) is 0. The SMILES string of the molecule is OCc1nccc(Nc2ccc(N3CCOCC3)nc2)n1. The molecule has 1 fully saturated rings. The topological polar surface area (TPSA) is 83.4 Å². The molecule has 0 bridgehead atoms. The third-order valence-electron chi connectivity index (χ3n) is 3.20. The van der Waals surface area contributed by atoms with Gasteiger partial charge < -0.3 is 20.1 Å². The number of morpholine rings is 1. The van der Waals surface area contributed by atoms with Gasteiger partial charge in [-0.15, -0.1) is 0 Å². The maximum absolute atomic E-state index is 9.03. The monoisotopic (exact) mass is 287 g/mol. The fourth-order valence-electron chi connectivity index (χ4n) is 2.13. The van der Waals surface area contributed by atoms with Crippen LogP contribution in [0.25, 0.3) is 0 Å². The molecular weight excluding hydrogens is 270 g/mol. The van der Waals surface area contributed by atoms with Crippen molar-refractivity contribution < 1.29 is 9.84 Å². The van der Waals surface area contributed by atoms with Gasteiger partial charge in [0.15, 0.2) is 5.82 Å². The Morgan fingerprint density at radius 1 is 1.19 bits per heavy atom. The lowest BCUT2D eigenvalue weighted by Gasteiger charge is -2.27. The molecule has 0 saturated carbocycles. The van der Waals surface area contributed by atoms with Gasteiger partial charge in [-0.3, -0.25) is 0 Å². The van der Waals surface area contributed by atoms with Crippen LogP contribution in [0.1, 0.15) is 5.82 Å². The molecule has 0 amide bonds. The van der Waals surface area contributed by atoms with Gasteiger partial charge in [-0.2, -0.15) is 0 Å². The average Bonchev–Trinajstić information content (AvgIpc) is 2.56. The minimum atomic E-state index is -0.177. The van der Waals surface area contributed by atoms with Gasteiger partial charge in [-0.05, 0) is 18.2 Å². The first-order valence-electron chi connectivity index (χ1n) is 6.84. The fourth-order valence-corrected chi connectivity index (χ4v) is 2.13. The number of hydrogen-bond acceptors (Lipinski definition) is 7. The number of anilines is 3. The van der Waals surface area contributed by atoms with E-state index in [1.54, 1.807) is 18.5 Å². The van der Waals surface area contributed by atoms with Crippen LogP contribution in [0, 0.1) is 0 Å². The van der Waals surface area contributed by atoms with Crippen molar-refractivity contribution in [3.63, 3.8) is 0 Å². The standard InChI is InChI=1S/C14H17N5O2/c20-10-13-15-4-3-12(18-13)17-11-1-2-14(16-9-11)19-5-7-21-8-6-19/h1-4,9,20H,5-8,10H2,(H,15,17,18). The molecule has 0 spiro atoms. The molecule has 3 heterocycles. The largest absolute Gasteiger partial charge is 0.388 e. The first kappa shape index (κ1) is 13.7. The molecule has 0 atom stereocenters. The number of nitrogens with zero attached hydrogens (tertiary/aromatic N) is 4. The van der Waals surface area contributed by atoms with Crippen molar-refractivity contribution in [3.8, 4) is 0 Å². The number of rotatable bonds is 4. The molecule has 1 saturated heterocycles. The first-order chi connectivity index (χ1) is 10.3. The van der Waals surface area contributed by atoms with Gasteiger partial charge in [-0.1, -0.05) is 0 Å². The van der Waals surface area contributed by atoms with Gasteiger partial charge in [0, 0.05) is 19.3 Å². The van der Waals surface area contributed by atoms with E-state index in [1.807, 2.05) is 12.1 Å². The molecule has 0 aliphatic carbocycles. The zero-order chi connectivity index (χ0) is 14.5. The molecule has 21 heavy (non-hydrogen) atoms. The van der Waals surface area contributed by atoms with Crippen LogP contribution < -0.4 is 10.2 Å². The van der Waals surface area contributed by atoms with Crippen LogP contribution in [0.5, 0.6) is 0 Å². The highest BCUT2D eigenvalue weighted by Crippen LogP contribution is 2.18. The van der Waals surface area contributed by atoms with E-state index in [9.17, 15) is 0 Å². The summed E-state index contributed by atoms with van der Waals surface area (Å²) in [5.41, 5.74) is 0.842. The molecule has 1 aliphatic heterocycles. The van der Waals surface area contributed by atoms with Gasteiger partial charge in [0.2, 0.25) is 0 Å². The minimum absolute atomic E-state index is 0.177. The molecule has 2 aromatic heterocycles. The van der Waals surface area contributed by atoms with Crippen molar-refractivity contribution in [2.24, 2.45) is 0 Å². The first-order valence-corrected chi connectivity index (χ1v) is 6.84. The summed E-state index contributed by atoms with van der Waals surface area (Å²) >= 11 is 0. The van der Waals surface area contributed by atoms with E-state index in [-0.39, 0.29) is 6.61 Å². The van der Waals surface area contributed by atoms with E-state index in [0.29, 0.717) is 11.6 Å². The average molecular weight is 287 g/mol. The van der Waals surface area contributed by atoms with Crippen LogP contribution in [0.15, 0.2) is 30.6 Å². The summed E-state index contributed by atoms with van der Waals surface area (Å²) in [5, 5.41) is 12.2. The van der Waals surface area contributed by atoms with Crippen LogP contribution in [0.2, 0.25) is 0 Å². The zero-order valence-corrected chi connectivity index (χ0v) is 11.6. The Labute approximate surface area is 122 Å². The Morgan fingerprint density at radius 2 is 2.05 bits per heavy atom. The quantitative estimate of drug-likeness (QED) is 0.866. The number of aliphatic hydroxyl groups excluding tert-OH is 1. The highest BCUT2D eigenvalue weighted by Gasteiger charge is 2.11. The van der Waals surface area contributed by atoms with E-state index in [1.165, 1.54) is 0 Å². The Hall–Kier alpha value is -2.25. The van der Waals surface area contributed by atoms with Crippen molar-refractivity contribution in [1.29, 1.82) is 0 Å². The lowest BCUT2D eigenvalue weighted by Crippen LogP contribution is -2.36. The second-order valence-corrected chi connectivity index (χ2v) is 4.65. The van der Waals surface area contributed by atoms with Gasteiger partial charge in [0.25, 0.3) is 0 Å². The number of hydrogen-bond donors (Lipinski definition) is 2. The molecule has 0 aromatic carbocycles. The normalized spacial score (nSPS) is 15.0. The van der Waals surface area contributed by atoms with E-state index in [4.69, 9.17) is 9.84 Å². The second-order valence-electron chi connectivity index (χ2n) is 4.65. The predicted octanol–water partition coefficient (Wildman–Crippen LogP) is 0.944. The van der Waals surface area contributed by atoms with Crippen LogP contribution in [-0.2, 0) is 11.3 Å². The van der Waals surface area contributed by atoms with E-state index < -0.39 is 0 Å². The van der Waals surface area contributed by atoms with Crippen LogP contribution >= 0.6 is 0 Å². The van der Waals surface area contributed by atoms with Crippen molar-refractivity contribution >= 4 is 17.3 Å². The molecular formula is C14H17N5O2. The van der Waals surface area contributed by atoms with Gasteiger partial charge in [-0.25, -0.2) is 15.0 Å². The Balaban J connectivity index is 1.68. The Morgan fingerprint density at radius 3 is 2.76 bits per heavy atom. The molecule has 7 nitrogen and oxygen atoms in total. The zero-order valence-electron chi connectivity index (χ0n) is 11.6. The highest BCUT2D eigenvalue weighted by molar-refractivity contribution is 5.57. The molecule has 7 heteroatoms. The van der Waals surface area contributed by atoms with Crippen molar-refractivity contribution in [2.75, 3.05) is 36.5 Å². The summed E-state index contributed by atoms with van der Waals surface area (Å²) in [6.45, 7) is 3.04. The van der Waals surface area contributed by atoms with Crippen molar-refractivity contribution in [3.05, 3.63) is 36.4 Å². The third kappa shape index (κ3) is 3.45. The highest BCUT2D eigenvalue weighted by atomic mass is 16.5.